The van der Waals surface area contributed by atoms with Crippen molar-refractivity contribution in [2.75, 3.05) is 20.3 Å². The van der Waals surface area contributed by atoms with E-state index in [2.05, 4.69) is 20.7 Å². The van der Waals surface area contributed by atoms with E-state index in [0.29, 0.717) is 0 Å². The van der Waals surface area contributed by atoms with Gasteiger partial charge in [0.2, 0.25) is 10.0 Å². The van der Waals surface area contributed by atoms with Crippen molar-refractivity contribution in [2.24, 2.45) is 0 Å². The highest BCUT2D eigenvalue weighted by Gasteiger charge is 2.16. The van der Waals surface area contributed by atoms with Crippen molar-refractivity contribution < 1.29 is 18.3 Å². The predicted molar refractivity (Wildman–Crippen MR) is 72.0 cm³/mol. The fraction of sp³-hybridized carbons (Fsp3) is 0.455. The third-order valence-corrected chi connectivity index (χ3v) is 4.62. The van der Waals surface area contributed by atoms with E-state index >= 15 is 0 Å². The predicted octanol–water partition coefficient (Wildman–Crippen LogP) is 1.04. The van der Waals surface area contributed by atoms with Crippen LogP contribution in [0, 0.1) is 6.92 Å². The number of rotatable bonds is 6. The summed E-state index contributed by atoms with van der Waals surface area (Å²) in [6.45, 7) is 1.82. The summed E-state index contributed by atoms with van der Waals surface area (Å²) in [5.74, 6) is 0. The number of methoxy groups -OCH3 is 1. The molecule has 2 N–H and O–H groups in total. The molecule has 0 aromatic heterocycles. The van der Waals surface area contributed by atoms with Gasteiger partial charge in [-0.25, -0.2) is 13.1 Å². The first-order valence-electron chi connectivity index (χ1n) is 5.29. The lowest BCUT2D eigenvalue weighted by atomic mass is 10.2. The van der Waals surface area contributed by atoms with Gasteiger partial charge in [0.1, 0.15) is 0 Å². The van der Waals surface area contributed by atoms with Gasteiger partial charge < -0.3 is 9.84 Å². The number of aliphatic hydroxyl groups excluding tert-OH is 1. The molecule has 102 valence electrons. The van der Waals surface area contributed by atoms with Gasteiger partial charge in [0.15, 0.2) is 0 Å². The van der Waals surface area contributed by atoms with Gasteiger partial charge in [-0.15, -0.1) is 0 Å². The summed E-state index contributed by atoms with van der Waals surface area (Å²) >= 11 is 3.31. The van der Waals surface area contributed by atoms with Crippen LogP contribution in [0.15, 0.2) is 27.6 Å². The second-order valence-corrected chi connectivity index (χ2v) is 6.49. The zero-order chi connectivity index (χ0) is 13.8. The van der Waals surface area contributed by atoms with Crippen LogP contribution in [0.5, 0.6) is 0 Å². The average molecular weight is 338 g/mol. The zero-order valence-corrected chi connectivity index (χ0v) is 12.6. The maximum Gasteiger partial charge on any atom is 0.240 e. The van der Waals surface area contributed by atoms with Crippen molar-refractivity contribution in [2.45, 2.75) is 17.9 Å². The van der Waals surface area contributed by atoms with Gasteiger partial charge in [-0.05, 0) is 30.7 Å². The number of halogens is 1. The minimum absolute atomic E-state index is 0.0781. The number of benzene rings is 1. The smallest absolute Gasteiger partial charge is 0.240 e. The molecule has 0 aliphatic carbocycles. The van der Waals surface area contributed by atoms with Gasteiger partial charge in [-0.2, -0.15) is 0 Å². The topological polar surface area (TPSA) is 75.6 Å². The Hall–Kier alpha value is -0.470. The molecule has 0 spiro atoms. The molecule has 0 saturated heterocycles. The molecule has 7 heteroatoms. The number of aryl methyl sites for hydroxylation is 1. The van der Waals surface area contributed by atoms with Crippen LogP contribution in [0.1, 0.15) is 5.56 Å². The Bertz CT molecular complexity index is 504. The average Bonchev–Trinajstić information content (AvgIpc) is 2.30. The molecule has 0 fully saturated rings. The van der Waals surface area contributed by atoms with Crippen LogP contribution in [0.25, 0.3) is 0 Å². The molecule has 5 nitrogen and oxygen atoms in total. The molecule has 1 unspecified atom stereocenters. The summed E-state index contributed by atoms with van der Waals surface area (Å²) in [7, 11) is -2.16. The van der Waals surface area contributed by atoms with E-state index in [1.165, 1.54) is 13.2 Å². The molecule has 0 bridgehead atoms. The van der Waals surface area contributed by atoms with E-state index in [-0.39, 0.29) is 18.0 Å². The quantitative estimate of drug-likeness (QED) is 0.813. The van der Waals surface area contributed by atoms with Crippen molar-refractivity contribution >= 4 is 26.0 Å². The molecular weight excluding hydrogens is 322 g/mol. The van der Waals surface area contributed by atoms with Gasteiger partial charge in [-0.1, -0.05) is 15.9 Å². The Morgan fingerprint density at radius 1 is 1.50 bits per heavy atom. The van der Waals surface area contributed by atoms with Crippen LogP contribution in [0.2, 0.25) is 0 Å². The van der Waals surface area contributed by atoms with Crippen molar-refractivity contribution in [3.05, 3.63) is 28.2 Å². The van der Waals surface area contributed by atoms with Crippen molar-refractivity contribution in [3.63, 3.8) is 0 Å². The molecular formula is C11H16BrNO4S. The third-order valence-electron chi connectivity index (χ3n) is 2.31. The first kappa shape index (κ1) is 15.6. The molecule has 1 rings (SSSR count). The molecule has 0 saturated carbocycles. The van der Waals surface area contributed by atoms with Crippen LogP contribution < -0.4 is 4.72 Å². The standard InChI is InChI=1S/C11H16BrNO4S/c1-8-5-10(3-4-11(8)12)18(15,16)13-6-9(14)7-17-2/h3-5,9,13-14H,6-7H2,1-2H3. The fourth-order valence-electron chi connectivity index (χ4n) is 1.32. The molecule has 18 heavy (non-hydrogen) atoms. The molecule has 1 aromatic rings. The summed E-state index contributed by atoms with van der Waals surface area (Å²) in [5.41, 5.74) is 0.829. The Morgan fingerprint density at radius 3 is 2.72 bits per heavy atom. The zero-order valence-electron chi connectivity index (χ0n) is 10.2. The lowest BCUT2D eigenvalue weighted by molar-refractivity contribution is 0.0679. The van der Waals surface area contributed by atoms with E-state index in [1.54, 1.807) is 12.1 Å². The minimum Gasteiger partial charge on any atom is -0.389 e. The van der Waals surface area contributed by atoms with Crippen LogP contribution in [0.4, 0.5) is 0 Å². The van der Waals surface area contributed by atoms with Gasteiger partial charge >= 0.3 is 0 Å². The first-order valence-corrected chi connectivity index (χ1v) is 7.57. The molecule has 0 radical (unpaired) electrons. The molecule has 1 aromatic carbocycles. The van der Waals surface area contributed by atoms with E-state index in [1.807, 2.05) is 6.92 Å². The molecule has 0 aliphatic rings. The highest BCUT2D eigenvalue weighted by atomic mass is 79.9. The Kier molecular flexibility index (Phi) is 5.74. The van der Waals surface area contributed by atoms with Gasteiger partial charge in [-0.3, -0.25) is 0 Å². The van der Waals surface area contributed by atoms with E-state index < -0.39 is 16.1 Å². The number of hydrogen-bond acceptors (Lipinski definition) is 4. The number of hydrogen-bond donors (Lipinski definition) is 2. The van der Waals surface area contributed by atoms with Gasteiger partial charge in [0.05, 0.1) is 17.6 Å². The summed E-state index contributed by atoms with van der Waals surface area (Å²) in [4.78, 5) is 0.174. The van der Waals surface area contributed by atoms with Crippen LogP contribution in [-0.4, -0.2) is 39.9 Å². The Balaban J connectivity index is 2.77. The first-order chi connectivity index (χ1) is 8.36. The summed E-state index contributed by atoms with van der Waals surface area (Å²) < 4.78 is 31.8. The van der Waals surface area contributed by atoms with Crippen molar-refractivity contribution in [3.8, 4) is 0 Å². The number of nitrogens with one attached hydrogen (secondary N) is 1. The number of ether oxygens (including phenoxy) is 1. The third kappa shape index (κ3) is 4.33. The normalized spacial score (nSPS) is 13.6. The largest absolute Gasteiger partial charge is 0.389 e. The SMILES string of the molecule is COCC(O)CNS(=O)(=O)c1ccc(Br)c(C)c1. The lowest BCUT2D eigenvalue weighted by Crippen LogP contribution is -2.34. The second kappa shape index (κ2) is 6.63. The fourth-order valence-corrected chi connectivity index (χ4v) is 2.73. The van der Waals surface area contributed by atoms with E-state index in [4.69, 9.17) is 4.74 Å². The summed E-state index contributed by atoms with van der Waals surface area (Å²) in [5, 5.41) is 9.40. The van der Waals surface area contributed by atoms with Crippen LogP contribution >= 0.6 is 15.9 Å². The van der Waals surface area contributed by atoms with Crippen molar-refractivity contribution in [1.29, 1.82) is 0 Å². The highest BCUT2D eigenvalue weighted by molar-refractivity contribution is 9.10. The molecule has 0 aliphatic heterocycles. The minimum atomic E-state index is -3.60. The molecule has 1 atom stereocenters. The summed E-state index contributed by atoms with van der Waals surface area (Å²) in [6, 6.07) is 4.74. The van der Waals surface area contributed by atoms with Gasteiger partial charge in [0, 0.05) is 18.1 Å². The number of aliphatic hydroxyl groups is 1. The maximum atomic E-state index is 11.9. The maximum absolute atomic E-state index is 11.9. The molecule has 0 amide bonds. The monoisotopic (exact) mass is 337 g/mol. The van der Waals surface area contributed by atoms with Crippen molar-refractivity contribution in [1.82, 2.24) is 4.72 Å². The van der Waals surface area contributed by atoms with E-state index in [0.717, 1.165) is 10.0 Å². The highest BCUT2D eigenvalue weighted by Crippen LogP contribution is 2.19. The van der Waals surface area contributed by atoms with E-state index in [9.17, 15) is 13.5 Å². The lowest BCUT2D eigenvalue weighted by Gasteiger charge is -2.12. The second-order valence-electron chi connectivity index (χ2n) is 3.87. The van der Waals surface area contributed by atoms with Crippen LogP contribution in [-0.2, 0) is 14.8 Å². The Labute approximate surface area is 115 Å². The summed E-state index contributed by atoms with van der Waals surface area (Å²) in [6.07, 6.45) is -0.860. The van der Waals surface area contributed by atoms with Crippen LogP contribution in [0.3, 0.4) is 0 Å². The number of sulfonamides is 1. The Morgan fingerprint density at radius 2 is 2.17 bits per heavy atom. The van der Waals surface area contributed by atoms with Gasteiger partial charge in [0.25, 0.3) is 0 Å². The molecule has 0 heterocycles.